The number of hydrogen-bond donors (Lipinski definition) is 1. The summed E-state index contributed by atoms with van der Waals surface area (Å²) in [5.41, 5.74) is 1.29. The minimum Gasteiger partial charge on any atom is -0.494 e. The van der Waals surface area contributed by atoms with Crippen molar-refractivity contribution < 1.29 is 9.47 Å². The smallest absolute Gasteiger partial charge is 0.119 e. The molecule has 114 valence electrons. The summed E-state index contributed by atoms with van der Waals surface area (Å²) in [5.74, 6) is 0.968. The van der Waals surface area contributed by atoms with Gasteiger partial charge in [-0.3, -0.25) is 0 Å². The van der Waals surface area contributed by atoms with Gasteiger partial charge in [-0.05, 0) is 43.5 Å². The van der Waals surface area contributed by atoms with E-state index in [-0.39, 0.29) is 0 Å². The molecule has 1 rings (SSSR count). The Balaban J connectivity index is 2.08. The monoisotopic (exact) mass is 279 g/mol. The Morgan fingerprint density at radius 3 is 2.40 bits per heavy atom. The molecule has 20 heavy (non-hydrogen) atoms. The fourth-order valence-corrected chi connectivity index (χ4v) is 1.82. The van der Waals surface area contributed by atoms with Crippen LogP contribution in [0.15, 0.2) is 24.3 Å². The molecular formula is C17H29NO2. The van der Waals surface area contributed by atoms with Crippen molar-refractivity contribution in [1.29, 1.82) is 0 Å². The van der Waals surface area contributed by atoms with Gasteiger partial charge in [-0.25, -0.2) is 0 Å². The van der Waals surface area contributed by atoms with Gasteiger partial charge in [-0.15, -0.1) is 0 Å². The first-order valence-corrected chi connectivity index (χ1v) is 7.87. The fourth-order valence-electron chi connectivity index (χ4n) is 1.82. The lowest BCUT2D eigenvalue weighted by atomic mass is 10.2. The first-order valence-electron chi connectivity index (χ1n) is 7.87. The maximum absolute atomic E-state index is 5.65. The van der Waals surface area contributed by atoms with Crippen LogP contribution in [-0.4, -0.2) is 26.4 Å². The Morgan fingerprint density at radius 1 is 0.900 bits per heavy atom. The zero-order chi connectivity index (χ0) is 14.5. The van der Waals surface area contributed by atoms with Gasteiger partial charge in [0.05, 0.1) is 6.61 Å². The molecule has 0 saturated carbocycles. The zero-order valence-corrected chi connectivity index (χ0v) is 13.0. The van der Waals surface area contributed by atoms with Crippen LogP contribution in [0.25, 0.3) is 0 Å². The Kier molecular flexibility index (Phi) is 9.98. The van der Waals surface area contributed by atoms with Crippen LogP contribution in [0.4, 0.5) is 0 Å². The minimum absolute atomic E-state index is 0.811. The molecular weight excluding hydrogens is 250 g/mol. The highest BCUT2D eigenvalue weighted by Gasteiger charge is 1.96. The lowest BCUT2D eigenvalue weighted by Crippen LogP contribution is -2.16. The third kappa shape index (κ3) is 8.18. The van der Waals surface area contributed by atoms with Crippen LogP contribution in [0.2, 0.25) is 0 Å². The highest BCUT2D eigenvalue weighted by Crippen LogP contribution is 2.12. The summed E-state index contributed by atoms with van der Waals surface area (Å²) >= 11 is 0. The van der Waals surface area contributed by atoms with Crippen molar-refractivity contribution in [2.24, 2.45) is 0 Å². The zero-order valence-electron chi connectivity index (χ0n) is 13.0. The molecule has 0 fully saturated rings. The molecule has 0 radical (unpaired) electrons. The second-order valence-corrected chi connectivity index (χ2v) is 4.99. The summed E-state index contributed by atoms with van der Waals surface area (Å²) < 4.78 is 11.1. The molecule has 0 unspecified atom stereocenters. The average Bonchev–Trinajstić information content (AvgIpc) is 2.48. The van der Waals surface area contributed by atoms with Gasteiger partial charge in [0.2, 0.25) is 0 Å². The van der Waals surface area contributed by atoms with Crippen LogP contribution < -0.4 is 10.1 Å². The number of rotatable bonds is 12. The summed E-state index contributed by atoms with van der Waals surface area (Å²) in [5, 5.41) is 3.43. The van der Waals surface area contributed by atoms with Crippen LogP contribution in [0.1, 0.15) is 45.1 Å². The van der Waals surface area contributed by atoms with Crippen LogP contribution in [0, 0.1) is 0 Å². The molecule has 0 amide bonds. The van der Waals surface area contributed by atoms with E-state index in [1.807, 2.05) is 0 Å². The van der Waals surface area contributed by atoms with Crippen molar-refractivity contribution in [3.8, 4) is 5.75 Å². The van der Waals surface area contributed by atoms with Gasteiger partial charge in [0.1, 0.15) is 5.75 Å². The van der Waals surface area contributed by atoms with Crippen LogP contribution >= 0.6 is 0 Å². The predicted octanol–water partition coefficient (Wildman–Crippen LogP) is 3.77. The lowest BCUT2D eigenvalue weighted by Gasteiger charge is -2.08. The maximum Gasteiger partial charge on any atom is 0.119 e. The highest BCUT2D eigenvalue weighted by molar-refractivity contribution is 5.27. The molecule has 0 aromatic heterocycles. The second-order valence-electron chi connectivity index (χ2n) is 4.99. The topological polar surface area (TPSA) is 30.5 Å². The third-order valence-electron chi connectivity index (χ3n) is 3.01. The van der Waals surface area contributed by atoms with Crippen molar-refractivity contribution in [3.05, 3.63) is 29.8 Å². The number of hydrogen-bond acceptors (Lipinski definition) is 3. The SMILES string of the molecule is CCCCOc1ccc(CNCCCOCCC)cc1. The standard InChI is InChI=1S/C17H29NO2/c1-3-5-14-20-17-9-7-16(8-10-17)15-18-11-6-13-19-12-4-2/h7-10,18H,3-6,11-15H2,1-2H3. The number of ether oxygens (including phenoxy) is 2. The Hall–Kier alpha value is -1.06. The van der Waals surface area contributed by atoms with Crippen molar-refractivity contribution in [2.45, 2.75) is 46.1 Å². The van der Waals surface area contributed by atoms with Gasteiger partial charge in [0, 0.05) is 19.8 Å². The Morgan fingerprint density at radius 2 is 1.70 bits per heavy atom. The summed E-state index contributed by atoms with van der Waals surface area (Å²) in [6.07, 6.45) is 4.45. The molecule has 0 heterocycles. The van der Waals surface area contributed by atoms with Crippen molar-refractivity contribution in [1.82, 2.24) is 5.32 Å². The second kappa shape index (κ2) is 11.7. The maximum atomic E-state index is 5.65. The van der Waals surface area contributed by atoms with Crippen LogP contribution in [0.3, 0.4) is 0 Å². The first kappa shape index (κ1) is 17.0. The van der Waals surface area contributed by atoms with E-state index in [2.05, 4.69) is 43.4 Å². The van der Waals surface area contributed by atoms with E-state index in [1.165, 1.54) is 12.0 Å². The van der Waals surface area contributed by atoms with Gasteiger partial charge in [-0.1, -0.05) is 32.4 Å². The first-order chi connectivity index (χ1) is 9.86. The average molecular weight is 279 g/mol. The minimum atomic E-state index is 0.811. The molecule has 0 aliphatic rings. The van der Waals surface area contributed by atoms with Gasteiger partial charge in [0.25, 0.3) is 0 Å². The molecule has 0 spiro atoms. The van der Waals surface area contributed by atoms with E-state index in [4.69, 9.17) is 9.47 Å². The molecule has 0 aliphatic heterocycles. The third-order valence-corrected chi connectivity index (χ3v) is 3.01. The molecule has 0 atom stereocenters. The van der Waals surface area contributed by atoms with Gasteiger partial charge >= 0.3 is 0 Å². The number of benzene rings is 1. The lowest BCUT2D eigenvalue weighted by molar-refractivity contribution is 0.132. The fraction of sp³-hybridized carbons (Fsp3) is 0.647. The molecule has 0 saturated heterocycles. The van der Waals surface area contributed by atoms with Crippen molar-refractivity contribution in [2.75, 3.05) is 26.4 Å². The predicted molar refractivity (Wildman–Crippen MR) is 84.3 cm³/mol. The highest BCUT2D eigenvalue weighted by atomic mass is 16.5. The largest absolute Gasteiger partial charge is 0.494 e. The van der Waals surface area contributed by atoms with E-state index in [1.54, 1.807) is 0 Å². The van der Waals surface area contributed by atoms with Crippen molar-refractivity contribution >= 4 is 0 Å². The molecule has 1 N–H and O–H groups in total. The molecule has 3 heteroatoms. The van der Waals surface area contributed by atoms with Gasteiger partial charge < -0.3 is 14.8 Å². The molecule has 1 aromatic carbocycles. The van der Waals surface area contributed by atoms with E-state index >= 15 is 0 Å². The van der Waals surface area contributed by atoms with E-state index in [9.17, 15) is 0 Å². The van der Waals surface area contributed by atoms with Gasteiger partial charge in [0.15, 0.2) is 0 Å². The molecule has 3 nitrogen and oxygen atoms in total. The van der Waals surface area contributed by atoms with E-state index in [0.29, 0.717) is 0 Å². The summed E-state index contributed by atoms with van der Waals surface area (Å²) in [7, 11) is 0. The van der Waals surface area contributed by atoms with E-state index < -0.39 is 0 Å². The van der Waals surface area contributed by atoms with E-state index in [0.717, 1.165) is 57.9 Å². The molecule has 0 aliphatic carbocycles. The summed E-state index contributed by atoms with van der Waals surface area (Å²) in [6, 6.07) is 8.36. The summed E-state index contributed by atoms with van der Waals surface area (Å²) in [6.45, 7) is 8.75. The summed E-state index contributed by atoms with van der Waals surface area (Å²) in [4.78, 5) is 0. The number of nitrogens with one attached hydrogen (secondary N) is 1. The molecule has 0 bridgehead atoms. The Labute approximate surface area is 123 Å². The normalized spacial score (nSPS) is 10.7. The Bertz CT molecular complexity index is 324. The van der Waals surface area contributed by atoms with Crippen LogP contribution in [-0.2, 0) is 11.3 Å². The quantitative estimate of drug-likeness (QED) is 0.591. The van der Waals surface area contributed by atoms with Gasteiger partial charge in [-0.2, -0.15) is 0 Å². The van der Waals surface area contributed by atoms with Crippen LogP contribution in [0.5, 0.6) is 5.75 Å². The number of unbranched alkanes of at least 4 members (excludes halogenated alkanes) is 1. The van der Waals surface area contributed by atoms with Crippen molar-refractivity contribution in [3.63, 3.8) is 0 Å². The molecule has 1 aromatic rings.